The number of hydrogen-bond donors (Lipinski definition) is 1. The van der Waals surface area contributed by atoms with Crippen LogP contribution in [0, 0.1) is 11.6 Å². The number of amides is 2. The maximum atomic E-state index is 14.0. The van der Waals surface area contributed by atoms with E-state index in [1.165, 1.54) is 4.90 Å². The zero-order valence-corrected chi connectivity index (χ0v) is 16.5. The van der Waals surface area contributed by atoms with Gasteiger partial charge in [0, 0.05) is 18.2 Å². The molecule has 2 aromatic rings. The van der Waals surface area contributed by atoms with Gasteiger partial charge in [-0.25, -0.2) is 8.78 Å². The molecule has 1 aliphatic rings. The molecule has 2 amide bonds. The molecule has 0 aliphatic carbocycles. The highest BCUT2D eigenvalue weighted by molar-refractivity contribution is 5.95. The molecule has 29 heavy (non-hydrogen) atoms. The summed E-state index contributed by atoms with van der Waals surface area (Å²) in [4.78, 5) is 26.2. The van der Waals surface area contributed by atoms with Crippen molar-refractivity contribution in [3.63, 3.8) is 0 Å². The second kappa shape index (κ2) is 9.03. The number of carbonyl (C=O) groups is 2. The van der Waals surface area contributed by atoms with Gasteiger partial charge < -0.3 is 15.0 Å². The van der Waals surface area contributed by atoms with E-state index in [-0.39, 0.29) is 30.2 Å². The second-order valence-corrected chi connectivity index (χ2v) is 7.38. The zero-order valence-electron chi connectivity index (χ0n) is 16.5. The molecule has 0 spiro atoms. The minimum Gasteiger partial charge on any atom is -0.491 e. The zero-order chi connectivity index (χ0) is 21.0. The van der Waals surface area contributed by atoms with Crippen molar-refractivity contribution in [2.24, 2.45) is 0 Å². The molecule has 0 radical (unpaired) electrons. The third kappa shape index (κ3) is 5.10. The third-order valence-electron chi connectivity index (χ3n) is 4.78. The molecule has 0 saturated carbocycles. The molecule has 1 atom stereocenters. The Bertz CT molecular complexity index is 884. The minimum atomic E-state index is -0.738. The van der Waals surface area contributed by atoms with Gasteiger partial charge in [-0.1, -0.05) is 0 Å². The van der Waals surface area contributed by atoms with E-state index >= 15 is 0 Å². The maximum Gasteiger partial charge on any atom is 0.257 e. The molecule has 154 valence electrons. The van der Waals surface area contributed by atoms with E-state index in [4.69, 9.17) is 4.74 Å². The summed E-state index contributed by atoms with van der Waals surface area (Å²) in [5, 5.41) is 2.82. The molecule has 0 bridgehead atoms. The molecule has 2 aromatic carbocycles. The van der Waals surface area contributed by atoms with Crippen molar-refractivity contribution in [3.05, 3.63) is 65.2 Å². The van der Waals surface area contributed by atoms with E-state index in [1.54, 1.807) is 24.3 Å². The van der Waals surface area contributed by atoms with Crippen LogP contribution in [-0.2, 0) is 0 Å². The molecule has 1 N–H and O–H groups in total. The van der Waals surface area contributed by atoms with E-state index in [0.29, 0.717) is 17.9 Å². The van der Waals surface area contributed by atoms with E-state index < -0.39 is 17.5 Å². The van der Waals surface area contributed by atoms with Crippen LogP contribution in [0.4, 0.5) is 8.78 Å². The van der Waals surface area contributed by atoms with Crippen LogP contribution < -0.4 is 10.1 Å². The Hall–Kier alpha value is -2.96. The van der Waals surface area contributed by atoms with Crippen LogP contribution in [-0.4, -0.2) is 41.9 Å². The predicted octanol–water partition coefficient (Wildman–Crippen LogP) is 3.79. The number of nitrogens with one attached hydrogen (secondary N) is 1. The quantitative estimate of drug-likeness (QED) is 0.800. The molecule has 1 saturated heterocycles. The number of rotatable bonds is 6. The summed E-state index contributed by atoms with van der Waals surface area (Å²) in [5.74, 6) is -1.51. The fraction of sp³-hybridized carbons (Fsp3) is 0.364. The Morgan fingerprint density at radius 1 is 1.17 bits per heavy atom. The molecule has 3 rings (SSSR count). The summed E-state index contributed by atoms with van der Waals surface area (Å²) in [6.07, 6.45) is 1.49. The van der Waals surface area contributed by atoms with Crippen LogP contribution in [0.5, 0.6) is 5.75 Å². The highest BCUT2D eigenvalue weighted by atomic mass is 19.1. The van der Waals surface area contributed by atoms with E-state index in [0.717, 1.165) is 31.0 Å². The van der Waals surface area contributed by atoms with Crippen LogP contribution in [0.2, 0.25) is 0 Å². The topological polar surface area (TPSA) is 58.6 Å². The van der Waals surface area contributed by atoms with Gasteiger partial charge >= 0.3 is 0 Å². The first-order valence-corrected chi connectivity index (χ1v) is 9.65. The lowest BCUT2D eigenvalue weighted by Gasteiger charge is -2.25. The molecule has 1 fully saturated rings. The third-order valence-corrected chi connectivity index (χ3v) is 4.78. The Morgan fingerprint density at radius 3 is 2.59 bits per heavy atom. The van der Waals surface area contributed by atoms with Crippen molar-refractivity contribution in [1.82, 2.24) is 10.2 Å². The van der Waals surface area contributed by atoms with Gasteiger partial charge in [0.25, 0.3) is 11.8 Å². The number of carbonyl (C=O) groups excluding carboxylic acids is 2. The van der Waals surface area contributed by atoms with Gasteiger partial charge in [0.15, 0.2) is 0 Å². The van der Waals surface area contributed by atoms with Crippen molar-refractivity contribution in [2.75, 3.05) is 13.2 Å². The van der Waals surface area contributed by atoms with E-state index in [2.05, 4.69) is 5.32 Å². The molecular formula is C22H24F2N2O3. The molecule has 1 heterocycles. The standard InChI is InChI=1S/C22H24F2N2O3/c1-14(2)25-21(27)15-5-8-18(9-6-15)29-13-17-4-3-11-26(17)22(28)19-12-16(23)7-10-20(19)24/h5-10,12,14,17H,3-4,11,13H2,1-2H3,(H,25,27)/t17-/m1/s1. The number of likely N-dealkylation sites (tertiary alicyclic amines) is 1. The SMILES string of the molecule is CC(C)NC(=O)c1ccc(OC[C@H]2CCCN2C(=O)c2cc(F)ccc2F)cc1. The Balaban J connectivity index is 1.62. The summed E-state index contributed by atoms with van der Waals surface area (Å²) >= 11 is 0. The fourth-order valence-electron chi connectivity index (χ4n) is 3.33. The normalized spacial score (nSPS) is 16.2. The van der Waals surface area contributed by atoms with Crippen molar-refractivity contribution < 1.29 is 23.1 Å². The molecule has 5 nitrogen and oxygen atoms in total. The smallest absolute Gasteiger partial charge is 0.257 e. The molecule has 1 aliphatic heterocycles. The van der Waals surface area contributed by atoms with Crippen LogP contribution in [0.25, 0.3) is 0 Å². The van der Waals surface area contributed by atoms with Crippen molar-refractivity contribution in [1.29, 1.82) is 0 Å². The summed E-state index contributed by atoms with van der Waals surface area (Å²) < 4.78 is 33.2. The van der Waals surface area contributed by atoms with Gasteiger partial charge in [-0.3, -0.25) is 9.59 Å². The first kappa shape index (κ1) is 20.8. The van der Waals surface area contributed by atoms with Gasteiger partial charge in [-0.15, -0.1) is 0 Å². The van der Waals surface area contributed by atoms with Gasteiger partial charge in [-0.2, -0.15) is 0 Å². The van der Waals surface area contributed by atoms with Gasteiger partial charge in [-0.05, 0) is 69.2 Å². The second-order valence-electron chi connectivity index (χ2n) is 7.38. The van der Waals surface area contributed by atoms with Crippen molar-refractivity contribution in [3.8, 4) is 5.75 Å². The fourth-order valence-corrected chi connectivity index (χ4v) is 3.33. The average molecular weight is 402 g/mol. The number of hydrogen-bond acceptors (Lipinski definition) is 3. The maximum absolute atomic E-state index is 14.0. The van der Waals surface area contributed by atoms with Crippen LogP contribution >= 0.6 is 0 Å². The molecule has 0 unspecified atom stereocenters. The highest BCUT2D eigenvalue weighted by Crippen LogP contribution is 2.23. The summed E-state index contributed by atoms with van der Waals surface area (Å²) in [6, 6.07) is 9.43. The predicted molar refractivity (Wildman–Crippen MR) is 105 cm³/mol. The Kier molecular flexibility index (Phi) is 6.46. The summed E-state index contributed by atoms with van der Waals surface area (Å²) in [5.41, 5.74) is 0.266. The highest BCUT2D eigenvalue weighted by Gasteiger charge is 2.31. The van der Waals surface area contributed by atoms with Crippen molar-refractivity contribution in [2.45, 2.75) is 38.8 Å². The van der Waals surface area contributed by atoms with Gasteiger partial charge in [0.2, 0.25) is 0 Å². The first-order valence-electron chi connectivity index (χ1n) is 9.65. The lowest BCUT2D eigenvalue weighted by atomic mass is 10.1. The van der Waals surface area contributed by atoms with Crippen LogP contribution in [0.3, 0.4) is 0 Å². The van der Waals surface area contributed by atoms with E-state index in [9.17, 15) is 18.4 Å². The summed E-state index contributed by atoms with van der Waals surface area (Å²) in [7, 11) is 0. The number of benzene rings is 2. The lowest BCUT2D eigenvalue weighted by molar-refractivity contribution is 0.0686. The summed E-state index contributed by atoms with van der Waals surface area (Å²) in [6.45, 7) is 4.48. The average Bonchev–Trinajstić information content (AvgIpc) is 3.16. The number of ether oxygens (including phenoxy) is 1. The molecular weight excluding hydrogens is 378 g/mol. The minimum absolute atomic E-state index is 0.0484. The van der Waals surface area contributed by atoms with Crippen LogP contribution in [0.15, 0.2) is 42.5 Å². The number of nitrogens with zero attached hydrogens (tertiary/aromatic N) is 1. The lowest BCUT2D eigenvalue weighted by Crippen LogP contribution is -2.39. The van der Waals surface area contributed by atoms with Crippen molar-refractivity contribution >= 4 is 11.8 Å². The molecule has 0 aromatic heterocycles. The Labute approximate surface area is 168 Å². The van der Waals surface area contributed by atoms with Gasteiger partial charge in [0.05, 0.1) is 11.6 Å². The van der Waals surface area contributed by atoms with Gasteiger partial charge in [0.1, 0.15) is 24.0 Å². The van der Waals surface area contributed by atoms with E-state index in [1.807, 2.05) is 13.8 Å². The number of halogens is 2. The monoisotopic (exact) mass is 402 g/mol. The largest absolute Gasteiger partial charge is 0.491 e. The first-order chi connectivity index (χ1) is 13.8. The Morgan fingerprint density at radius 2 is 1.90 bits per heavy atom. The van der Waals surface area contributed by atoms with Crippen LogP contribution in [0.1, 0.15) is 47.4 Å². The molecule has 7 heteroatoms.